The van der Waals surface area contributed by atoms with Crippen molar-refractivity contribution >= 4 is 5.91 Å². The monoisotopic (exact) mass is 264 g/mol. The van der Waals surface area contributed by atoms with Crippen LogP contribution in [0, 0.1) is 6.92 Å². The van der Waals surface area contributed by atoms with Gasteiger partial charge in [-0.2, -0.15) is 0 Å². The molecule has 0 aromatic heterocycles. The van der Waals surface area contributed by atoms with Crippen LogP contribution in [0.2, 0.25) is 0 Å². The zero-order valence-electron chi connectivity index (χ0n) is 11.0. The maximum Gasteiger partial charge on any atom is 0.237 e. The first-order chi connectivity index (χ1) is 9.08. The van der Waals surface area contributed by atoms with Crippen molar-refractivity contribution in [3.8, 4) is 0 Å². The van der Waals surface area contributed by atoms with Crippen LogP contribution in [0.15, 0.2) is 24.3 Å². The Bertz CT molecular complexity index is 450. The molecule has 3 atom stereocenters. The molecule has 4 N–H and O–H groups in total. The largest absolute Gasteiger partial charge is 0.392 e. The molecule has 0 saturated carbocycles. The Hall–Kier alpha value is -1.43. The average Bonchev–Trinajstić information content (AvgIpc) is 2.83. The number of carbonyl (C=O) groups excluding carboxylic acids is 1. The lowest BCUT2D eigenvalue weighted by molar-refractivity contribution is -0.123. The summed E-state index contributed by atoms with van der Waals surface area (Å²) in [6.45, 7) is 2.55. The molecule has 1 aliphatic heterocycles. The molecule has 1 heterocycles. The third-order valence-electron chi connectivity index (χ3n) is 3.44. The first-order valence-corrected chi connectivity index (χ1v) is 6.50. The molecule has 5 heteroatoms. The topological polar surface area (TPSA) is 81.6 Å². The summed E-state index contributed by atoms with van der Waals surface area (Å²) < 4.78 is 0. The Morgan fingerprint density at radius 1 is 1.53 bits per heavy atom. The van der Waals surface area contributed by atoms with Gasteiger partial charge in [0.05, 0.1) is 18.2 Å². The van der Waals surface area contributed by atoms with E-state index < -0.39 is 12.2 Å². The maximum absolute atomic E-state index is 11.8. The molecule has 2 rings (SSSR count). The molecular weight excluding hydrogens is 244 g/mol. The minimum atomic E-state index is -0.712. The van der Waals surface area contributed by atoms with Crippen molar-refractivity contribution in [2.24, 2.45) is 0 Å². The van der Waals surface area contributed by atoms with Gasteiger partial charge in [0, 0.05) is 13.1 Å². The minimum Gasteiger partial charge on any atom is -0.392 e. The second kappa shape index (κ2) is 6.14. The standard InChI is InChI=1S/C14H20N2O3/c1-9-4-2-3-5-11(9)13(18)8-16-14(19)12-6-10(17)7-15-12/h2-5,10,12-13,15,17-18H,6-8H2,1H3,(H,16,19). The normalized spacial score (nSPS) is 24.2. The summed E-state index contributed by atoms with van der Waals surface area (Å²) in [4.78, 5) is 11.8. The highest BCUT2D eigenvalue weighted by Gasteiger charge is 2.28. The van der Waals surface area contributed by atoms with E-state index in [4.69, 9.17) is 0 Å². The van der Waals surface area contributed by atoms with Gasteiger partial charge in [0.1, 0.15) is 0 Å². The van der Waals surface area contributed by atoms with Crippen molar-refractivity contribution in [3.05, 3.63) is 35.4 Å². The van der Waals surface area contributed by atoms with Gasteiger partial charge in [-0.3, -0.25) is 4.79 Å². The Labute approximate surface area is 112 Å². The molecule has 1 fully saturated rings. The predicted molar refractivity (Wildman–Crippen MR) is 71.6 cm³/mol. The number of benzene rings is 1. The van der Waals surface area contributed by atoms with Crippen LogP contribution in [-0.4, -0.2) is 41.4 Å². The fourth-order valence-electron chi connectivity index (χ4n) is 2.31. The second-order valence-electron chi connectivity index (χ2n) is 4.97. The van der Waals surface area contributed by atoms with Gasteiger partial charge in [0.2, 0.25) is 5.91 Å². The number of rotatable bonds is 4. The number of β-amino-alcohol motifs (C(OH)–C–C–N with tert-alkyl or cyclic N) is 1. The van der Waals surface area contributed by atoms with E-state index in [1.165, 1.54) is 0 Å². The van der Waals surface area contributed by atoms with Gasteiger partial charge in [-0.25, -0.2) is 0 Å². The summed E-state index contributed by atoms with van der Waals surface area (Å²) in [5.74, 6) is -0.177. The molecule has 5 nitrogen and oxygen atoms in total. The van der Waals surface area contributed by atoms with Crippen molar-refractivity contribution in [2.75, 3.05) is 13.1 Å². The van der Waals surface area contributed by atoms with Gasteiger partial charge >= 0.3 is 0 Å². The number of nitrogens with one attached hydrogen (secondary N) is 2. The number of aliphatic hydroxyl groups is 2. The van der Waals surface area contributed by atoms with Crippen LogP contribution < -0.4 is 10.6 Å². The molecule has 0 radical (unpaired) electrons. The van der Waals surface area contributed by atoms with Crippen molar-refractivity contribution < 1.29 is 15.0 Å². The molecule has 0 bridgehead atoms. The zero-order valence-corrected chi connectivity index (χ0v) is 11.0. The minimum absolute atomic E-state index is 0.177. The van der Waals surface area contributed by atoms with E-state index in [9.17, 15) is 15.0 Å². The molecule has 1 amide bonds. The van der Waals surface area contributed by atoms with Gasteiger partial charge in [-0.05, 0) is 24.5 Å². The Balaban J connectivity index is 1.85. The summed E-state index contributed by atoms with van der Waals surface area (Å²) >= 11 is 0. The molecule has 1 saturated heterocycles. The fraction of sp³-hybridized carbons (Fsp3) is 0.500. The van der Waals surface area contributed by atoms with Gasteiger partial charge in [0.15, 0.2) is 0 Å². The SMILES string of the molecule is Cc1ccccc1C(O)CNC(=O)C1CC(O)CN1. The fourth-order valence-corrected chi connectivity index (χ4v) is 2.31. The van der Waals surface area contributed by atoms with Crippen LogP contribution in [0.25, 0.3) is 0 Å². The molecule has 19 heavy (non-hydrogen) atoms. The molecule has 1 aromatic carbocycles. The summed E-state index contributed by atoms with van der Waals surface area (Å²) in [6, 6.07) is 7.19. The summed E-state index contributed by atoms with van der Waals surface area (Å²) in [5, 5.41) is 25.1. The van der Waals surface area contributed by atoms with E-state index in [0.717, 1.165) is 11.1 Å². The summed E-state index contributed by atoms with van der Waals surface area (Å²) in [6.07, 6.45) is -0.750. The van der Waals surface area contributed by atoms with Crippen molar-refractivity contribution in [3.63, 3.8) is 0 Å². The number of aryl methyl sites for hydroxylation is 1. The Morgan fingerprint density at radius 2 is 2.26 bits per heavy atom. The molecule has 1 aromatic rings. The van der Waals surface area contributed by atoms with Crippen LogP contribution in [0.4, 0.5) is 0 Å². The lowest BCUT2D eigenvalue weighted by atomic mass is 10.0. The van der Waals surface area contributed by atoms with Crippen LogP contribution >= 0.6 is 0 Å². The van der Waals surface area contributed by atoms with E-state index in [1.807, 2.05) is 31.2 Å². The highest BCUT2D eigenvalue weighted by molar-refractivity contribution is 5.82. The van der Waals surface area contributed by atoms with Crippen LogP contribution in [0.3, 0.4) is 0 Å². The first kappa shape index (κ1) is 14.0. The summed E-state index contributed by atoms with van der Waals surface area (Å²) in [7, 11) is 0. The second-order valence-corrected chi connectivity index (χ2v) is 4.97. The Kier molecular flexibility index (Phi) is 4.52. The van der Waals surface area contributed by atoms with Crippen LogP contribution in [0.5, 0.6) is 0 Å². The van der Waals surface area contributed by atoms with Crippen molar-refractivity contribution in [2.45, 2.75) is 31.6 Å². The van der Waals surface area contributed by atoms with Crippen LogP contribution in [-0.2, 0) is 4.79 Å². The lowest BCUT2D eigenvalue weighted by Gasteiger charge is -2.16. The zero-order chi connectivity index (χ0) is 13.8. The first-order valence-electron chi connectivity index (χ1n) is 6.50. The van der Waals surface area contributed by atoms with Gasteiger partial charge in [-0.1, -0.05) is 24.3 Å². The number of aliphatic hydroxyl groups excluding tert-OH is 2. The van der Waals surface area contributed by atoms with E-state index in [-0.39, 0.29) is 18.5 Å². The van der Waals surface area contributed by atoms with Gasteiger partial charge in [0.25, 0.3) is 0 Å². The maximum atomic E-state index is 11.8. The third kappa shape index (κ3) is 3.53. The Morgan fingerprint density at radius 3 is 2.89 bits per heavy atom. The van der Waals surface area contributed by atoms with E-state index in [1.54, 1.807) is 0 Å². The molecule has 3 unspecified atom stereocenters. The van der Waals surface area contributed by atoms with E-state index in [0.29, 0.717) is 13.0 Å². The molecule has 104 valence electrons. The lowest BCUT2D eigenvalue weighted by Crippen LogP contribution is -2.41. The molecular formula is C14H20N2O3. The highest BCUT2D eigenvalue weighted by Crippen LogP contribution is 2.16. The van der Waals surface area contributed by atoms with Crippen molar-refractivity contribution in [1.82, 2.24) is 10.6 Å². The highest BCUT2D eigenvalue weighted by atomic mass is 16.3. The average molecular weight is 264 g/mol. The van der Waals surface area contributed by atoms with E-state index in [2.05, 4.69) is 10.6 Å². The number of amides is 1. The summed E-state index contributed by atoms with van der Waals surface area (Å²) in [5.41, 5.74) is 1.82. The molecule has 1 aliphatic rings. The predicted octanol–water partition coefficient (Wildman–Crippen LogP) is -0.133. The van der Waals surface area contributed by atoms with Crippen LogP contribution in [0.1, 0.15) is 23.7 Å². The van der Waals surface area contributed by atoms with Gasteiger partial charge in [-0.15, -0.1) is 0 Å². The van der Waals surface area contributed by atoms with Gasteiger partial charge < -0.3 is 20.8 Å². The number of hydrogen-bond acceptors (Lipinski definition) is 4. The molecule has 0 spiro atoms. The third-order valence-corrected chi connectivity index (χ3v) is 3.44. The van der Waals surface area contributed by atoms with Crippen molar-refractivity contribution in [1.29, 1.82) is 0 Å². The smallest absolute Gasteiger partial charge is 0.237 e. The van der Waals surface area contributed by atoms with E-state index >= 15 is 0 Å². The molecule has 0 aliphatic carbocycles. The quantitative estimate of drug-likeness (QED) is 0.610. The number of hydrogen-bond donors (Lipinski definition) is 4. The number of carbonyl (C=O) groups is 1.